The first-order chi connectivity index (χ1) is 11.5. The van der Waals surface area contributed by atoms with Gasteiger partial charge in [-0.25, -0.2) is 0 Å². The average molecular weight is 344 g/mol. The maximum absolute atomic E-state index is 12.2. The number of imide groups is 1. The van der Waals surface area contributed by atoms with Crippen LogP contribution in [-0.4, -0.2) is 34.2 Å². The summed E-state index contributed by atoms with van der Waals surface area (Å²) in [6.07, 6.45) is 1.44. The van der Waals surface area contributed by atoms with E-state index in [1.165, 1.54) is 12.3 Å². The van der Waals surface area contributed by atoms with E-state index in [1.807, 2.05) is 6.92 Å². The van der Waals surface area contributed by atoms with Gasteiger partial charge in [-0.3, -0.25) is 24.3 Å². The molecule has 3 rings (SSSR count). The van der Waals surface area contributed by atoms with Crippen molar-refractivity contribution in [1.82, 2.24) is 15.2 Å². The summed E-state index contributed by atoms with van der Waals surface area (Å²) in [4.78, 5) is 41.4. The minimum absolute atomic E-state index is 0.0843. The molecule has 7 heteroatoms. The van der Waals surface area contributed by atoms with Crippen molar-refractivity contribution in [2.75, 3.05) is 6.54 Å². The number of amides is 3. The van der Waals surface area contributed by atoms with Gasteiger partial charge in [-0.1, -0.05) is 23.7 Å². The molecule has 1 aromatic carbocycles. The Morgan fingerprint density at radius 2 is 1.92 bits per heavy atom. The van der Waals surface area contributed by atoms with E-state index in [2.05, 4.69) is 10.3 Å². The number of pyridine rings is 1. The normalized spacial score (nSPS) is 14.5. The van der Waals surface area contributed by atoms with Crippen molar-refractivity contribution < 1.29 is 14.4 Å². The molecule has 0 fully saturated rings. The van der Waals surface area contributed by atoms with Crippen molar-refractivity contribution in [3.8, 4) is 0 Å². The number of nitrogens with one attached hydrogen (secondary N) is 1. The highest BCUT2D eigenvalue weighted by Gasteiger charge is 2.37. The summed E-state index contributed by atoms with van der Waals surface area (Å²) >= 11 is 5.84. The van der Waals surface area contributed by atoms with Crippen LogP contribution in [0.1, 0.15) is 39.4 Å². The second-order valence-corrected chi connectivity index (χ2v) is 5.87. The highest BCUT2D eigenvalue weighted by Crippen LogP contribution is 2.20. The summed E-state index contributed by atoms with van der Waals surface area (Å²) in [6, 6.07) is 9.90. The lowest BCUT2D eigenvalue weighted by Crippen LogP contribution is -2.41. The van der Waals surface area contributed by atoms with Crippen LogP contribution in [0.3, 0.4) is 0 Å². The van der Waals surface area contributed by atoms with E-state index < -0.39 is 17.7 Å². The van der Waals surface area contributed by atoms with Crippen LogP contribution in [0.2, 0.25) is 5.02 Å². The molecule has 0 saturated carbocycles. The molecule has 0 aliphatic carbocycles. The predicted octanol–water partition coefficient (Wildman–Crippen LogP) is 2.21. The molecular formula is C17H14ClN3O3. The molecule has 0 spiro atoms. The molecule has 1 aromatic heterocycles. The molecule has 1 N–H and O–H groups in total. The van der Waals surface area contributed by atoms with Gasteiger partial charge in [-0.05, 0) is 36.8 Å². The maximum atomic E-state index is 12.2. The van der Waals surface area contributed by atoms with Crippen molar-refractivity contribution in [2.24, 2.45) is 0 Å². The second kappa shape index (κ2) is 6.41. The Morgan fingerprint density at radius 1 is 1.21 bits per heavy atom. The molecule has 0 bridgehead atoms. The molecule has 0 saturated heterocycles. The Bertz CT molecular complexity index is 785. The minimum Gasteiger partial charge on any atom is -0.348 e. The maximum Gasteiger partial charge on any atom is 0.280 e. The van der Waals surface area contributed by atoms with E-state index in [4.69, 9.17) is 11.6 Å². The van der Waals surface area contributed by atoms with Gasteiger partial charge in [0, 0.05) is 11.2 Å². The molecule has 1 aliphatic heterocycles. The van der Waals surface area contributed by atoms with Gasteiger partial charge in [-0.15, -0.1) is 0 Å². The highest BCUT2D eigenvalue weighted by atomic mass is 35.5. The SMILES string of the molecule is CC(NC(=O)CN1C(=O)c2cccnc2C1=O)c1ccc(Cl)cc1. The molecule has 1 atom stereocenters. The first-order valence-corrected chi connectivity index (χ1v) is 7.71. The van der Waals surface area contributed by atoms with E-state index in [9.17, 15) is 14.4 Å². The Balaban J connectivity index is 1.66. The van der Waals surface area contributed by atoms with Crippen LogP contribution in [0, 0.1) is 0 Å². The lowest BCUT2D eigenvalue weighted by Gasteiger charge is -2.17. The van der Waals surface area contributed by atoms with E-state index >= 15 is 0 Å². The lowest BCUT2D eigenvalue weighted by molar-refractivity contribution is -0.122. The monoisotopic (exact) mass is 343 g/mol. The third kappa shape index (κ3) is 3.00. The van der Waals surface area contributed by atoms with E-state index in [-0.39, 0.29) is 23.8 Å². The number of aromatic nitrogens is 1. The van der Waals surface area contributed by atoms with Gasteiger partial charge in [-0.2, -0.15) is 0 Å². The number of benzene rings is 1. The molecule has 122 valence electrons. The lowest BCUT2D eigenvalue weighted by atomic mass is 10.1. The van der Waals surface area contributed by atoms with Crippen LogP contribution in [0.25, 0.3) is 0 Å². The molecule has 3 amide bonds. The molecule has 2 aromatic rings. The van der Waals surface area contributed by atoms with Crippen LogP contribution in [-0.2, 0) is 4.79 Å². The Hall–Kier alpha value is -2.73. The zero-order chi connectivity index (χ0) is 17.3. The number of rotatable bonds is 4. The van der Waals surface area contributed by atoms with Crippen molar-refractivity contribution in [2.45, 2.75) is 13.0 Å². The summed E-state index contributed by atoms with van der Waals surface area (Å²) in [5, 5.41) is 3.37. The first kappa shape index (κ1) is 16.1. The zero-order valence-corrected chi connectivity index (χ0v) is 13.6. The average Bonchev–Trinajstić information content (AvgIpc) is 2.81. The standard InChI is InChI=1S/C17H14ClN3O3/c1-10(11-4-6-12(18)7-5-11)20-14(22)9-21-16(23)13-3-2-8-19-15(13)17(21)24/h2-8,10H,9H2,1H3,(H,20,22). The number of carbonyl (C=O) groups excluding carboxylic acids is 3. The van der Waals surface area contributed by atoms with Crippen molar-refractivity contribution in [1.29, 1.82) is 0 Å². The summed E-state index contributed by atoms with van der Waals surface area (Å²) < 4.78 is 0. The molecule has 24 heavy (non-hydrogen) atoms. The second-order valence-electron chi connectivity index (χ2n) is 5.44. The molecule has 1 unspecified atom stereocenters. The number of halogens is 1. The molecule has 6 nitrogen and oxygen atoms in total. The van der Waals surface area contributed by atoms with Gasteiger partial charge in [0.1, 0.15) is 12.2 Å². The zero-order valence-electron chi connectivity index (χ0n) is 12.8. The van der Waals surface area contributed by atoms with Crippen LogP contribution < -0.4 is 5.32 Å². The first-order valence-electron chi connectivity index (χ1n) is 7.33. The van der Waals surface area contributed by atoms with Gasteiger partial charge in [0.25, 0.3) is 11.8 Å². The van der Waals surface area contributed by atoms with Crippen molar-refractivity contribution >= 4 is 29.3 Å². The van der Waals surface area contributed by atoms with Crippen molar-refractivity contribution in [3.05, 3.63) is 64.4 Å². The number of hydrogen-bond donors (Lipinski definition) is 1. The van der Waals surface area contributed by atoms with Crippen LogP contribution in [0.15, 0.2) is 42.6 Å². The quantitative estimate of drug-likeness (QED) is 0.863. The van der Waals surface area contributed by atoms with E-state index in [1.54, 1.807) is 30.3 Å². The summed E-state index contributed by atoms with van der Waals surface area (Å²) in [5.74, 6) is -1.48. The Kier molecular flexibility index (Phi) is 4.31. The third-order valence-corrected chi connectivity index (χ3v) is 4.03. The van der Waals surface area contributed by atoms with E-state index in [0.29, 0.717) is 5.02 Å². The van der Waals surface area contributed by atoms with Crippen LogP contribution in [0.4, 0.5) is 0 Å². The number of carbonyl (C=O) groups is 3. The number of nitrogens with zero attached hydrogens (tertiary/aromatic N) is 2. The predicted molar refractivity (Wildman–Crippen MR) is 87.6 cm³/mol. The summed E-state index contributed by atoms with van der Waals surface area (Å²) in [5.41, 5.74) is 1.18. The smallest absolute Gasteiger partial charge is 0.280 e. The van der Waals surface area contributed by atoms with Gasteiger partial charge < -0.3 is 5.32 Å². The highest BCUT2D eigenvalue weighted by molar-refractivity contribution is 6.30. The molecular weight excluding hydrogens is 330 g/mol. The van der Waals surface area contributed by atoms with Gasteiger partial charge >= 0.3 is 0 Å². The topological polar surface area (TPSA) is 79.4 Å². The fourth-order valence-corrected chi connectivity index (χ4v) is 2.65. The largest absolute Gasteiger partial charge is 0.348 e. The van der Waals surface area contributed by atoms with E-state index in [0.717, 1.165) is 10.5 Å². The Labute approximate surface area is 143 Å². The molecule has 1 aliphatic rings. The third-order valence-electron chi connectivity index (χ3n) is 3.78. The van der Waals surface area contributed by atoms with Crippen LogP contribution >= 0.6 is 11.6 Å². The molecule has 0 radical (unpaired) electrons. The van der Waals surface area contributed by atoms with Gasteiger partial charge in [0.15, 0.2) is 0 Å². The molecule has 2 heterocycles. The summed E-state index contributed by atoms with van der Waals surface area (Å²) in [6.45, 7) is 1.47. The minimum atomic E-state index is -0.551. The van der Waals surface area contributed by atoms with Gasteiger partial charge in [0.2, 0.25) is 5.91 Å². The fraction of sp³-hybridized carbons (Fsp3) is 0.176. The van der Waals surface area contributed by atoms with Crippen molar-refractivity contribution in [3.63, 3.8) is 0 Å². The van der Waals surface area contributed by atoms with Gasteiger partial charge in [0.05, 0.1) is 11.6 Å². The summed E-state index contributed by atoms with van der Waals surface area (Å²) in [7, 11) is 0. The number of fused-ring (bicyclic) bond motifs is 1. The Morgan fingerprint density at radius 3 is 2.58 bits per heavy atom. The number of hydrogen-bond acceptors (Lipinski definition) is 4. The fourth-order valence-electron chi connectivity index (χ4n) is 2.52. The van der Waals surface area contributed by atoms with Crippen LogP contribution in [0.5, 0.6) is 0 Å².